The predicted molar refractivity (Wildman–Crippen MR) is 76.4 cm³/mol. The van der Waals surface area contributed by atoms with Crippen LogP contribution >= 0.6 is 0 Å². The molecule has 7 heteroatoms. The van der Waals surface area contributed by atoms with Crippen LogP contribution in [0, 0.1) is 11.6 Å². The van der Waals surface area contributed by atoms with E-state index in [4.69, 9.17) is 0 Å². The second kappa shape index (κ2) is 6.81. The second-order valence-electron chi connectivity index (χ2n) is 5.30. The summed E-state index contributed by atoms with van der Waals surface area (Å²) < 4.78 is 53.3. The van der Waals surface area contributed by atoms with Crippen LogP contribution in [-0.4, -0.2) is 27.0 Å². The van der Waals surface area contributed by atoms with Crippen molar-refractivity contribution in [2.75, 3.05) is 6.54 Å². The average Bonchev–Trinajstić information content (AvgIpc) is 2.40. The molecule has 21 heavy (non-hydrogen) atoms. The van der Waals surface area contributed by atoms with Crippen LogP contribution in [0.15, 0.2) is 23.1 Å². The highest BCUT2D eigenvalue weighted by Crippen LogP contribution is 2.22. The topological polar surface area (TPSA) is 58.2 Å². The molecule has 0 spiro atoms. The van der Waals surface area contributed by atoms with Gasteiger partial charge < -0.3 is 5.32 Å². The van der Waals surface area contributed by atoms with Crippen molar-refractivity contribution in [2.45, 2.75) is 49.6 Å². The lowest BCUT2D eigenvalue weighted by molar-refractivity contribution is 0.333. The van der Waals surface area contributed by atoms with Gasteiger partial charge in [0.1, 0.15) is 16.5 Å². The molecule has 1 aromatic rings. The van der Waals surface area contributed by atoms with Gasteiger partial charge in [-0.3, -0.25) is 0 Å². The van der Waals surface area contributed by atoms with Gasteiger partial charge in [-0.15, -0.1) is 0 Å². The minimum Gasteiger partial charge on any atom is -0.314 e. The molecule has 0 bridgehead atoms. The van der Waals surface area contributed by atoms with Crippen LogP contribution in [0.25, 0.3) is 0 Å². The molecule has 0 radical (unpaired) electrons. The Kier molecular flexibility index (Phi) is 5.29. The molecule has 0 atom stereocenters. The molecule has 2 N–H and O–H groups in total. The van der Waals surface area contributed by atoms with Gasteiger partial charge in [0.25, 0.3) is 0 Å². The fraction of sp³-hybridized carbons (Fsp3) is 0.571. The summed E-state index contributed by atoms with van der Waals surface area (Å²) in [6.07, 6.45) is 3.18. The van der Waals surface area contributed by atoms with Crippen LogP contribution in [-0.2, 0) is 10.0 Å². The third-order valence-corrected chi connectivity index (χ3v) is 5.28. The molecule has 1 saturated carbocycles. The Morgan fingerprint density at radius 1 is 1.14 bits per heavy atom. The molecule has 0 aromatic heterocycles. The van der Waals surface area contributed by atoms with E-state index in [-0.39, 0.29) is 6.04 Å². The lowest BCUT2D eigenvalue weighted by atomic mass is 9.92. The van der Waals surface area contributed by atoms with Crippen LogP contribution < -0.4 is 10.0 Å². The number of sulfonamides is 1. The molecule has 0 aliphatic heterocycles. The zero-order valence-electron chi connectivity index (χ0n) is 11.9. The molecule has 1 fully saturated rings. The summed E-state index contributed by atoms with van der Waals surface area (Å²) in [6, 6.07) is 2.70. The van der Waals surface area contributed by atoms with Crippen molar-refractivity contribution < 1.29 is 17.2 Å². The highest BCUT2D eigenvalue weighted by molar-refractivity contribution is 7.89. The minimum atomic E-state index is -3.95. The first-order valence-corrected chi connectivity index (χ1v) is 8.61. The number of rotatable bonds is 5. The fourth-order valence-corrected chi connectivity index (χ4v) is 4.04. The Balaban J connectivity index is 2.02. The summed E-state index contributed by atoms with van der Waals surface area (Å²) in [6.45, 7) is 2.92. The quantitative estimate of drug-likeness (QED) is 0.875. The van der Waals surface area contributed by atoms with Crippen LogP contribution in [0.2, 0.25) is 0 Å². The van der Waals surface area contributed by atoms with Gasteiger partial charge in [0.15, 0.2) is 0 Å². The van der Waals surface area contributed by atoms with Crippen molar-refractivity contribution in [3.63, 3.8) is 0 Å². The monoisotopic (exact) mass is 318 g/mol. The zero-order chi connectivity index (χ0) is 15.5. The molecule has 1 aliphatic carbocycles. The van der Waals surface area contributed by atoms with Crippen LogP contribution in [0.1, 0.15) is 32.6 Å². The van der Waals surface area contributed by atoms with Crippen LogP contribution in [0.5, 0.6) is 0 Å². The lowest BCUT2D eigenvalue weighted by Gasteiger charge is -2.29. The van der Waals surface area contributed by atoms with Gasteiger partial charge in [-0.2, -0.15) is 0 Å². The van der Waals surface area contributed by atoms with E-state index in [0.717, 1.165) is 31.5 Å². The van der Waals surface area contributed by atoms with Crippen molar-refractivity contribution in [3.05, 3.63) is 29.8 Å². The van der Waals surface area contributed by atoms with E-state index >= 15 is 0 Å². The van der Waals surface area contributed by atoms with E-state index in [1.54, 1.807) is 0 Å². The molecular weight excluding hydrogens is 298 g/mol. The maximum Gasteiger partial charge on any atom is 0.243 e. The Labute approximate surface area is 124 Å². The van der Waals surface area contributed by atoms with E-state index in [1.165, 1.54) is 0 Å². The third-order valence-electron chi connectivity index (χ3n) is 3.73. The largest absolute Gasteiger partial charge is 0.314 e. The van der Waals surface area contributed by atoms with E-state index in [1.807, 2.05) is 6.92 Å². The summed E-state index contributed by atoms with van der Waals surface area (Å²) in [7, 11) is -3.95. The number of nitrogens with one attached hydrogen (secondary N) is 2. The molecule has 4 nitrogen and oxygen atoms in total. The molecule has 1 aliphatic rings. The second-order valence-corrected chi connectivity index (χ2v) is 6.98. The normalized spacial score (nSPS) is 23.2. The number of hydrogen-bond donors (Lipinski definition) is 2. The van der Waals surface area contributed by atoms with Crippen molar-refractivity contribution >= 4 is 10.0 Å². The molecule has 0 amide bonds. The smallest absolute Gasteiger partial charge is 0.243 e. The van der Waals surface area contributed by atoms with Crippen molar-refractivity contribution in [1.82, 2.24) is 10.0 Å². The van der Waals surface area contributed by atoms with Gasteiger partial charge in [0.2, 0.25) is 10.0 Å². The highest BCUT2D eigenvalue weighted by Gasteiger charge is 2.27. The average molecular weight is 318 g/mol. The van der Waals surface area contributed by atoms with E-state index in [0.29, 0.717) is 24.9 Å². The molecular formula is C14H20F2N2O2S. The standard InChI is InChI=1S/C14H20F2N2O2S/c1-2-17-11-4-6-12(7-5-11)18-21(19,20)14-8-3-10(15)9-13(14)16/h3,8-9,11-12,17-18H,2,4-7H2,1H3. The molecule has 118 valence electrons. The van der Waals surface area contributed by atoms with Gasteiger partial charge in [0.05, 0.1) is 0 Å². The maximum absolute atomic E-state index is 13.6. The van der Waals surface area contributed by atoms with Gasteiger partial charge in [-0.1, -0.05) is 6.92 Å². The van der Waals surface area contributed by atoms with Gasteiger partial charge in [-0.05, 0) is 44.4 Å². The van der Waals surface area contributed by atoms with Crippen molar-refractivity contribution in [1.29, 1.82) is 0 Å². The third kappa shape index (κ3) is 4.21. The molecule has 2 rings (SSSR count). The molecule has 0 saturated heterocycles. The SMILES string of the molecule is CCNC1CCC(NS(=O)(=O)c2ccc(F)cc2F)CC1. The van der Waals surface area contributed by atoms with Gasteiger partial charge in [-0.25, -0.2) is 21.9 Å². The predicted octanol–water partition coefficient (Wildman–Crippen LogP) is 2.16. The molecule has 0 unspecified atom stereocenters. The summed E-state index contributed by atoms with van der Waals surface area (Å²) in [5.74, 6) is -1.86. The summed E-state index contributed by atoms with van der Waals surface area (Å²) >= 11 is 0. The van der Waals surface area contributed by atoms with Gasteiger partial charge >= 0.3 is 0 Å². The highest BCUT2D eigenvalue weighted by atomic mass is 32.2. The van der Waals surface area contributed by atoms with Crippen LogP contribution in [0.4, 0.5) is 8.78 Å². The minimum absolute atomic E-state index is 0.200. The summed E-state index contributed by atoms with van der Waals surface area (Å²) in [5, 5.41) is 3.34. The summed E-state index contributed by atoms with van der Waals surface area (Å²) in [5.41, 5.74) is 0. The first-order valence-electron chi connectivity index (χ1n) is 7.13. The first kappa shape index (κ1) is 16.3. The fourth-order valence-electron chi connectivity index (χ4n) is 2.68. The van der Waals surface area contributed by atoms with E-state index < -0.39 is 26.6 Å². The van der Waals surface area contributed by atoms with Crippen molar-refractivity contribution in [3.8, 4) is 0 Å². The maximum atomic E-state index is 13.6. The summed E-state index contributed by atoms with van der Waals surface area (Å²) in [4.78, 5) is -0.502. The van der Waals surface area contributed by atoms with E-state index in [2.05, 4.69) is 10.0 Å². The number of halogens is 2. The molecule has 1 aromatic carbocycles. The zero-order valence-corrected chi connectivity index (χ0v) is 12.7. The Morgan fingerprint density at radius 3 is 2.33 bits per heavy atom. The lowest BCUT2D eigenvalue weighted by Crippen LogP contribution is -2.42. The van der Waals surface area contributed by atoms with Gasteiger partial charge in [0, 0.05) is 18.2 Å². The Bertz CT molecular complexity index is 585. The number of benzene rings is 1. The molecule has 0 heterocycles. The Hall–Kier alpha value is -1.05. The number of hydrogen-bond acceptors (Lipinski definition) is 3. The Morgan fingerprint density at radius 2 is 1.76 bits per heavy atom. The first-order chi connectivity index (χ1) is 9.92. The van der Waals surface area contributed by atoms with Crippen LogP contribution in [0.3, 0.4) is 0 Å². The van der Waals surface area contributed by atoms with Crippen molar-refractivity contribution in [2.24, 2.45) is 0 Å². The van der Waals surface area contributed by atoms with E-state index in [9.17, 15) is 17.2 Å².